The molecule has 0 unspecified atom stereocenters. The maximum atomic E-state index is 12.2. The van der Waals surface area contributed by atoms with Crippen LogP contribution >= 0.6 is 11.3 Å². The molecule has 0 aliphatic heterocycles. The van der Waals surface area contributed by atoms with Crippen molar-refractivity contribution in [3.63, 3.8) is 0 Å². The second-order valence-corrected chi connectivity index (χ2v) is 9.49. The normalized spacial score (nSPS) is 11.0. The van der Waals surface area contributed by atoms with Gasteiger partial charge in [0.1, 0.15) is 9.90 Å². The first-order valence-corrected chi connectivity index (χ1v) is 11.9. The van der Waals surface area contributed by atoms with Crippen molar-refractivity contribution in [1.29, 1.82) is 0 Å². The first-order valence-electron chi connectivity index (χ1n) is 9.23. The van der Waals surface area contributed by atoms with Crippen LogP contribution in [0.5, 0.6) is 0 Å². The number of amides is 1. The standard InChI is InChI=1S/C19H20N2O9S2/c1-4-12-9-13(19(24)29-5-2)17(31-12)20-16(22)10-30-18(23)11-6-7-15(32(3,27)28)14(8-11)21(25)26/h6-9H,4-5,10H2,1-3H3,(H,20,22). The Morgan fingerprint density at radius 1 is 1.12 bits per heavy atom. The summed E-state index contributed by atoms with van der Waals surface area (Å²) in [7, 11) is -3.89. The minimum atomic E-state index is -3.89. The van der Waals surface area contributed by atoms with Crippen LogP contribution in [0.1, 0.15) is 39.4 Å². The summed E-state index contributed by atoms with van der Waals surface area (Å²) in [6.07, 6.45) is 1.43. The molecule has 0 atom stereocenters. The van der Waals surface area contributed by atoms with Crippen LogP contribution in [0.2, 0.25) is 0 Å². The van der Waals surface area contributed by atoms with Crippen LogP contribution in [0.4, 0.5) is 10.7 Å². The Bertz CT molecular complexity index is 1170. The molecule has 0 bridgehead atoms. The molecule has 1 N–H and O–H groups in total. The number of carbonyl (C=O) groups excluding carboxylic acids is 3. The molecule has 0 aliphatic carbocycles. The van der Waals surface area contributed by atoms with E-state index in [1.807, 2.05) is 6.92 Å². The Labute approximate surface area is 187 Å². The summed E-state index contributed by atoms with van der Waals surface area (Å²) in [5, 5.41) is 13.9. The number of benzene rings is 1. The highest BCUT2D eigenvalue weighted by atomic mass is 32.2. The number of nitrogens with one attached hydrogen (secondary N) is 1. The molecule has 0 radical (unpaired) electrons. The van der Waals surface area contributed by atoms with Gasteiger partial charge in [0.2, 0.25) is 0 Å². The van der Waals surface area contributed by atoms with Gasteiger partial charge in [-0.25, -0.2) is 18.0 Å². The van der Waals surface area contributed by atoms with E-state index < -0.39 is 49.8 Å². The zero-order valence-electron chi connectivity index (χ0n) is 17.4. The molecular weight excluding hydrogens is 464 g/mol. The number of esters is 2. The molecule has 172 valence electrons. The summed E-state index contributed by atoms with van der Waals surface area (Å²) in [4.78, 5) is 47.0. The smallest absolute Gasteiger partial charge is 0.341 e. The number of carbonyl (C=O) groups is 3. The Morgan fingerprint density at radius 2 is 1.81 bits per heavy atom. The van der Waals surface area contributed by atoms with Crippen molar-refractivity contribution in [2.24, 2.45) is 0 Å². The maximum absolute atomic E-state index is 12.2. The molecule has 0 saturated carbocycles. The quantitative estimate of drug-likeness (QED) is 0.320. The van der Waals surface area contributed by atoms with E-state index >= 15 is 0 Å². The van der Waals surface area contributed by atoms with Gasteiger partial charge in [-0.3, -0.25) is 14.9 Å². The van der Waals surface area contributed by atoms with Gasteiger partial charge in [0.25, 0.3) is 11.6 Å². The summed E-state index contributed by atoms with van der Waals surface area (Å²) in [5.74, 6) is -2.40. The minimum Gasteiger partial charge on any atom is -0.462 e. The third-order valence-corrected chi connectivity index (χ3v) is 6.34. The molecule has 0 saturated heterocycles. The topological polar surface area (TPSA) is 159 Å². The fraction of sp³-hybridized carbons (Fsp3) is 0.316. The number of nitro benzene ring substituents is 1. The summed E-state index contributed by atoms with van der Waals surface area (Å²) in [6, 6.07) is 4.35. The average Bonchev–Trinajstić information content (AvgIpc) is 3.14. The highest BCUT2D eigenvalue weighted by Crippen LogP contribution is 2.29. The van der Waals surface area contributed by atoms with Crippen LogP contribution in [0.3, 0.4) is 0 Å². The summed E-state index contributed by atoms with van der Waals surface area (Å²) < 4.78 is 33.2. The van der Waals surface area contributed by atoms with E-state index in [0.717, 1.165) is 29.3 Å². The lowest BCUT2D eigenvalue weighted by atomic mass is 10.2. The number of hydrogen-bond donors (Lipinski definition) is 1. The van der Waals surface area contributed by atoms with Crippen molar-refractivity contribution in [1.82, 2.24) is 0 Å². The van der Waals surface area contributed by atoms with Crippen LogP contribution in [0.15, 0.2) is 29.2 Å². The number of rotatable bonds is 9. The Morgan fingerprint density at radius 3 is 2.38 bits per heavy atom. The first-order chi connectivity index (χ1) is 15.0. The number of hydrogen-bond acceptors (Lipinski definition) is 10. The second kappa shape index (κ2) is 10.3. The van der Waals surface area contributed by atoms with Gasteiger partial charge in [-0.1, -0.05) is 6.92 Å². The minimum absolute atomic E-state index is 0.158. The molecule has 0 spiro atoms. The predicted octanol–water partition coefficient (Wildman–Crippen LogP) is 2.59. The van der Waals surface area contributed by atoms with Crippen molar-refractivity contribution < 1.29 is 37.2 Å². The number of thiophene rings is 1. The van der Waals surface area contributed by atoms with E-state index in [1.165, 1.54) is 11.3 Å². The van der Waals surface area contributed by atoms with E-state index in [0.29, 0.717) is 6.42 Å². The maximum Gasteiger partial charge on any atom is 0.341 e. The van der Waals surface area contributed by atoms with Gasteiger partial charge >= 0.3 is 11.9 Å². The Hall–Kier alpha value is -3.32. The first kappa shape index (κ1) is 24.9. The van der Waals surface area contributed by atoms with E-state index in [2.05, 4.69) is 5.32 Å². The number of ether oxygens (including phenoxy) is 2. The van der Waals surface area contributed by atoms with E-state index in [-0.39, 0.29) is 22.7 Å². The highest BCUT2D eigenvalue weighted by Gasteiger charge is 2.25. The lowest BCUT2D eigenvalue weighted by Crippen LogP contribution is -2.21. The van der Waals surface area contributed by atoms with Crippen LogP contribution < -0.4 is 5.32 Å². The summed E-state index contributed by atoms with van der Waals surface area (Å²) in [6.45, 7) is 2.95. The third-order valence-electron chi connectivity index (χ3n) is 4.01. The van der Waals surface area contributed by atoms with Gasteiger partial charge in [-0.2, -0.15) is 0 Å². The van der Waals surface area contributed by atoms with Gasteiger partial charge in [0.05, 0.1) is 22.7 Å². The van der Waals surface area contributed by atoms with Crippen LogP contribution in [0, 0.1) is 10.1 Å². The molecule has 1 aromatic carbocycles. The number of sulfone groups is 1. The lowest BCUT2D eigenvalue weighted by molar-refractivity contribution is -0.387. The predicted molar refractivity (Wildman–Crippen MR) is 115 cm³/mol. The average molecular weight is 485 g/mol. The molecule has 1 aromatic heterocycles. The fourth-order valence-corrected chi connectivity index (χ4v) is 4.38. The van der Waals surface area contributed by atoms with Gasteiger partial charge in [-0.05, 0) is 31.5 Å². The molecule has 0 aliphatic rings. The molecule has 1 heterocycles. The zero-order chi connectivity index (χ0) is 24.1. The van der Waals surface area contributed by atoms with Crippen molar-refractivity contribution in [2.75, 3.05) is 24.8 Å². The number of aryl methyl sites for hydroxylation is 1. The Balaban J connectivity index is 2.12. The van der Waals surface area contributed by atoms with E-state index in [1.54, 1.807) is 13.0 Å². The van der Waals surface area contributed by atoms with Crippen molar-refractivity contribution >= 4 is 49.7 Å². The Kier molecular flexibility index (Phi) is 8.05. The molecular formula is C19H20N2O9S2. The van der Waals surface area contributed by atoms with Crippen molar-refractivity contribution in [3.8, 4) is 0 Å². The summed E-state index contributed by atoms with van der Waals surface area (Å²) in [5.41, 5.74) is -0.898. The SMILES string of the molecule is CCOC(=O)c1cc(CC)sc1NC(=O)COC(=O)c1ccc(S(C)(=O)=O)c([N+](=O)[O-])c1. The third kappa shape index (κ3) is 6.11. The van der Waals surface area contributed by atoms with E-state index in [4.69, 9.17) is 9.47 Å². The molecule has 11 nitrogen and oxygen atoms in total. The lowest BCUT2D eigenvalue weighted by Gasteiger charge is -2.08. The zero-order valence-corrected chi connectivity index (χ0v) is 19.0. The van der Waals surface area contributed by atoms with Gasteiger partial charge in [0.15, 0.2) is 16.4 Å². The van der Waals surface area contributed by atoms with E-state index in [9.17, 15) is 32.9 Å². The van der Waals surface area contributed by atoms with Gasteiger partial charge in [0, 0.05) is 17.2 Å². The molecule has 2 aromatic rings. The van der Waals surface area contributed by atoms with Crippen LogP contribution in [-0.2, 0) is 30.5 Å². The van der Waals surface area contributed by atoms with Gasteiger partial charge < -0.3 is 14.8 Å². The number of nitro groups is 1. The second-order valence-electron chi connectivity index (χ2n) is 6.37. The van der Waals surface area contributed by atoms with Gasteiger partial charge in [-0.15, -0.1) is 11.3 Å². The largest absolute Gasteiger partial charge is 0.462 e. The number of nitrogens with zero attached hydrogens (tertiary/aromatic N) is 1. The molecule has 0 fully saturated rings. The fourth-order valence-electron chi connectivity index (χ4n) is 2.55. The molecule has 13 heteroatoms. The van der Waals surface area contributed by atoms with Crippen molar-refractivity contribution in [3.05, 3.63) is 50.4 Å². The summed E-state index contributed by atoms with van der Waals surface area (Å²) >= 11 is 1.18. The van der Waals surface area contributed by atoms with Crippen molar-refractivity contribution in [2.45, 2.75) is 25.2 Å². The molecule has 1 amide bonds. The van der Waals surface area contributed by atoms with Crippen LogP contribution in [-0.4, -0.2) is 50.7 Å². The van der Waals surface area contributed by atoms with Crippen LogP contribution in [0.25, 0.3) is 0 Å². The monoisotopic (exact) mass is 484 g/mol. The molecule has 32 heavy (non-hydrogen) atoms. The highest BCUT2D eigenvalue weighted by molar-refractivity contribution is 7.90. The molecule has 2 rings (SSSR count). The number of anilines is 1.